The summed E-state index contributed by atoms with van der Waals surface area (Å²) in [5.74, 6) is 0.0943. The monoisotopic (exact) mass is 480 g/mol. The number of hydrogen-bond donors (Lipinski definition) is 1. The Bertz CT molecular complexity index is 1300. The molecule has 1 atom stereocenters. The minimum absolute atomic E-state index is 0.0724. The molecular formula is C25H28N4O2S2. The molecule has 4 rings (SSSR count). The lowest BCUT2D eigenvalue weighted by atomic mass is 9.98. The maximum absolute atomic E-state index is 13.6. The van der Waals surface area contributed by atoms with E-state index >= 15 is 0 Å². The standard InChI is InChI=1S/C25H28N4O2S2/c1-5-19-16(3)21-22(33-19)27-24(29(23(21)31)12-17-8-6-15(2)7-9-17)32-13-20(30)28-25(4,14-26)18-10-11-18/h6-9,18H,5,10-13H2,1-4H3,(H,28,30). The lowest BCUT2D eigenvalue weighted by Crippen LogP contribution is -2.47. The fourth-order valence-corrected chi connectivity index (χ4v) is 6.00. The van der Waals surface area contributed by atoms with Crippen molar-refractivity contribution in [3.05, 3.63) is 56.2 Å². The van der Waals surface area contributed by atoms with Crippen LogP contribution in [0.25, 0.3) is 10.2 Å². The van der Waals surface area contributed by atoms with Gasteiger partial charge in [0.15, 0.2) is 5.16 Å². The van der Waals surface area contributed by atoms with Crippen LogP contribution in [0.1, 0.15) is 48.3 Å². The van der Waals surface area contributed by atoms with Crippen molar-refractivity contribution in [3.63, 3.8) is 0 Å². The molecule has 0 aliphatic heterocycles. The molecule has 1 aliphatic carbocycles. The molecule has 1 fully saturated rings. The first kappa shape index (κ1) is 23.5. The van der Waals surface area contributed by atoms with Crippen LogP contribution in [0.4, 0.5) is 0 Å². The highest BCUT2D eigenvalue weighted by Gasteiger charge is 2.43. The summed E-state index contributed by atoms with van der Waals surface area (Å²) in [6.07, 6.45) is 2.77. The second-order valence-corrected chi connectivity index (χ2v) is 10.9. The molecular weight excluding hydrogens is 452 g/mol. The van der Waals surface area contributed by atoms with Crippen molar-refractivity contribution in [2.45, 2.75) is 64.2 Å². The minimum atomic E-state index is -0.836. The molecule has 33 heavy (non-hydrogen) atoms. The summed E-state index contributed by atoms with van der Waals surface area (Å²) in [5, 5.41) is 13.6. The molecule has 1 aliphatic rings. The van der Waals surface area contributed by atoms with Gasteiger partial charge in [-0.25, -0.2) is 4.98 Å². The molecule has 172 valence electrons. The number of carbonyl (C=O) groups excluding carboxylic acids is 1. The smallest absolute Gasteiger partial charge is 0.263 e. The Labute approximate surface area is 202 Å². The molecule has 3 aromatic rings. The van der Waals surface area contributed by atoms with E-state index in [2.05, 4.69) is 18.3 Å². The van der Waals surface area contributed by atoms with Crippen LogP contribution in [0, 0.1) is 31.1 Å². The van der Waals surface area contributed by atoms with E-state index in [9.17, 15) is 14.9 Å². The normalized spacial score (nSPS) is 15.2. The Morgan fingerprint density at radius 2 is 2.03 bits per heavy atom. The molecule has 1 aromatic carbocycles. The predicted octanol–water partition coefficient (Wildman–Crippen LogP) is 4.59. The van der Waals surface area contributed by atoms with Gasteiger partial charge in [-0.1, -0.05) is 48.5 Å². The highest BCUT2D eigenvalue weighted by Crippen LogP contribution is 2.39. The number of aromatic nitrogens is 2. The van der Waals surface area contributed by atoms with Crippen molar-refractivity contribution in [3.8, 4) is 6.07 Å². The third kappa shape index (κ3) is 4.85. The van der Waals surface area contributed by atoms with Gasteiger partial charge in [0.2, 0.25) is 5.91 Å². The zero-order valence-corrected chi connectivity index (χ0v) is 21.0. The number of benzene rings is 1. The third-order valence-corrected chi connectivity index (χ3v) is 8.56. The van der Waals surface area contributed by atoms with Crippen LogP contribution < -0.4 is 10.9 Å². The molecule has 0 spiro atoms. The Morgan fingerprint density at radius 1 is 1.33 bits per heavy atom. The van der Waals surface area contributed by atoms with E-state index in [4.69, 9.17) is 4.98 Å². The van der Waals surface area contributed by atoms with E-state index in [0.717, 1.165) is 45.7 Å². The van der Waals surface area contributed by atoms with Gasteiger partial charge >= 0.3 is 0 Å². The number of amides is 1. The van der Waals surface area contributed by atoms with Crippen LogP contribution in [-0.4, -0.2) is 26.8 Å². The summed E-state index contributed by atoms with van der Waals surface area (Å²) in [4.78, 5) is 32.9. The molecule has 1 saturated carbocycles. The van der Waals surface area contributed by atoms with Gasteiger partial charge in [-0.05, 0) is 57.1 Å². The fraction of sp³-hybridized carbons (Fsp3) is 0.440. The summed E-state index contributed by atoms with van der Waals surface area (Å²) in [6.45, 7) is 8.26. The molecule has 1 unspecified atom stereocenters. The van der Waals surface area contributed by atoms with Crippen molar-refractivity contribution in [2.24, 2.45) is 5.92 Å². The number of hydrogen-bond acceptors (Lipinski definition) is 6. The van der Waals surface area contributed by atoms with E-state index in [1.807, 2.05) is 38.1 Å². The molecule has 1 amide bonds. The number of nitrogens with zero attached hydrogens (tertiary/aromatic N) is 3. The quantitative estimate of drug-likeness (QED) is 0.376. The number of rotatable bonds is 8. The summed E-state index contributed by atoms with van der Waals surface area (Å²) in [5.41, 5.74) is 2.25. The van der Waals surface area contributed by atoms with E-state index in [1.165, 1.54) is 11.8 Å². The SMILES string of the molecule is CCc1sc2nc(SCC(=O)NC(C)(C#N)C3CC3)n(Cc3ccc(C)cc3)c(=O)c2c1C. The number of nitriles is 1. The van der Waals surface area contributed by atoms with Crippen molar-refractivity contribution in [2.75, 3.05) is 5.75 Å². The van der Waals surface area contributed by atoms with Crippen molar-refractivity contribution >= 4 is 39.2 Å². The zero-order chi connectivity index (χ0) is 23.8. The Kier molecular flexibility index (Phi) is 6.64. The lowest BCUT2D eigenvalue weighted by molar-refractivity contribution is -0.119. The predicted molar refractivity (Wildman–Crippen MR) is 134 cm³/mol. The highest BCUT2D eigenvalue weighted by molar-refractivity contribution is 7.99. The summed E-state index contributed by atoms with van der Waals surface area (Å²) >= 11 is 2.80. The maximum atomic E-state index is 13.6. The van der Waals surface area contributed by atoms with Crippen molar-refractivity contribution < 1.29 is 4.79 Å². The van der Waals surface area contributed by atoms with Crippen molar-refractivity contribution in [1.29, 1.82) is 5.26 Å². The van der Waals surface area contributed by atoms with Gasteiger partial charge in [0.05, 0.1) is 23.8 Å². The number of thioether (sulfide) groups is 1. The van der Waals surface area contributed by atoms with Crippen LogP contribution in [0.3, 0.4) is 0 Å². The lowest BCUT2D eigenvalue weighted by Gasteiger charge is -2.22. The van der Waals surface area contributed by atoms with E-state index in [0.29, 0.717) is 17.1 Å². The van der Waals surface area contributed by atoms with Gasteiger partial charge in [-0.3, -0.25) is 14.2 Å². The molecule has 2 heterocycles. The number of fused-ring (bicyclic) bond motifs is 1. The Morgan fingerprint density at radius 3 is 2.64 bits per heavy atom. The Balaban J connectivity index is 1.66. The topological polar surface area (TPSA) is 87.8 Å². The molecule has 0 radical (unpaired) electrons. The Hall–Kier alpha value is -2.63. The first-order valence-corrected chi connectivity index (χ1v) is 13.0. The van der Waals surface area contributed by atoms with Crippen LogP contribution in [0.5, 0.6) is 0 Å². The number of nitrogens with one attached hydrogen (secondary N) is 1. The van der Waals surface area contributed by atoms with Crippen LogP contribution >= 0.6 is 23.1 Å². The molecule has 8 heteroatoms. The van der Waals surface area contributed by atoms with Gasteiger partial charge in [0, 0.05) is 4.88 Å². The number of carbonyl (C=O) groups is 1. The molecule has 2 aromatic heterocycles. The average Bonchev–Trinajstić information content (AvgIpc) is 3.60. The van der Waals surface area contributed by atoms with Crippen molar-refractivity contribution in [1.82, 2.24) is 14.9 Å². The molecule has 0 bridgehead atoms. The van der Waals surface area contributed by atoms with Gasteiger partial charge in [0.1, 0.15) is 10.4 Å². The minimum Gasteiger partial charge on any atom is -0.337 e. The molecule has 6 nitrogen and oxygen atoms in total. The van der Waals surface area contributed by atoms with E-state index < -0.39 is 5.54 Å². The van der Waals surface area contributed by atoms with E-state index in [1.54, 1.807) is 22.8 Å². The summed E-state index contributed by atoms with van der Waals surface area (Å²) in [7, 11) is 0. The average molecular weight is 481 g/mol. The van der Waals surface area contributed by atoms with Crippen LogP contribution in [0.2, 0.25) is 0 Å². The van der Waals surface area contributed by atoms with E-state index in [-0.39, 0.29) is 23.1 Å². The van der Waals surface area contributed by atoms with Gasteiger partial charge in [-0.2, -0.15) is 5.26 Å². The number of aryl methyl sites for hydroxylation is 3. The zero-order valence-electron chi connectivity index (χ0n) is 19.4. The number of thiophene rings is 1. The second-order valence-electron chi connectivity index (χ2n) is 8.88. The first-order valence-electron chi connectivity index (χ1n) is 11.2. The highest BCUT2D eigenvalue weighted by atomic mass is 32.2. The molecule has 0 saturated heterocycles. The first-order chi connectivity index (χ1) is 15.8. The van der Waals surface area contributed by atoms with Gasteiger partial charge < -0.3 is 5.32 Å². The summed E-state index contributed by atoms with van der Waals surface area (Å²) in [6, 6.07) is 10.3. The third-order valence-electron chi connectivity index (χ3n) is 6.25. The van der Waals surface area contributed by atoms with Crippen LogP contribution in [-0.2, 0) is 17.8 Å². The van der Waals surface area contributed by atoms with Gasteiger partial charge in [-0.15, -0.1) is 11.3 Å². The summed E-state index contributed by atoms with van der Waals surface area (Å²) < 4.78 is 1.68. The second kappa shape index (κ2) is 9.32. The fourth-order valence-electron chi connectivity index (χ4n) is 4.04. The largest absolute Gasteiger partial charge is 0.337 e. The van der Waals surface area contributed by atoms with Crippen LogP contribution in [0.15, 0.2) is 34.2 Å². The molecule has 1 N–H and O–H groups in total. The maximum Gasteiger partial charge on any atom is 0.263 e. The van der Waals surface area contributed by atoms with Gasteiger partial charge in [0.25, 0.3) is 5.56 Å².